The van der Waals surface area contributed by atoms with Gasteiger partial charge in [-0.25, -0.2) is 0 Å². The Labute approximate surface area is 90.6 Å². The van der Waals surface area contributed by atoms with Crippen LogP contribution in [0.2, 0.25) is 0 Å². The average Bonchev–Trinajstić information content (AvgIpc) is 2.18. The molecule has 1 saturated heterocycles. The number of amides is 1. The number of carbonyl (C=O) groups excluding carboxylic acids is 2. The van der Waals surface area contributed by atoms with Crippen LogP contribution in [0.15, 0.2) is 0 Å². The van der Waals surface area contributed by atoms with E-state index in [2.05, 4.69) is 0 Å². The first-order valence-corrected chi connectivity index (χ1v) is 5.40. The number of carbonyl (C=O) groups is 2. The van der Waals surface area contributed by atoms with E-state index in [0.29, 0.717) is 5.92 Å². The minimum absolute atomic E-state index is 0.0275. The maximum absolute atomic E-state index is 11.5. The van der Waals surface area contributed by atoms with Crippen LogP contribution >= 0.6 is 0 Å². The van der Waals surface area contributed by atoms with E-state index in [1.807, 2.05) is 0 Å². The monoisotopic (exact) mass is 213 g/mol. The van der Waals surface area contributed by atoms with Crippen LogP contribution in [0.5, 0.6) is 0 Å². The van der Waals surface area contributed by atoms with E-state index >= 15 is 0 Å². The Balaban J connectivity index is 2.29. The Morgan fingerprint density at radius 2 is 1.93 bits per heavy atom. The molecule has 1 heterocycles. The Bertz CT molecular complexity index is 234. The summed E-state index contributed by atoms with van der Waals surface area (Å²) in [4.78, 5) is 23.9. The number of ketones is 1. The number of hydrogen-bond acceptors (Lipinski definition) is 3. The van der Waals surface area contributed by atoms with Crippen LogP contribution in [0.25, 0.3) is 0 Å². The molecule has 4 nitrogen and oxygen atoms in total. The summed E-state index contributed by atoms with van der Waals surface area (Å²) in [6.45, 7) is 3.77. The molecule has 0 N–H and O–H groups in total. The van der Waals surface area contributed by atoms with Crippen molar-refractivity contribution < 1.29 is 14.3 Å². The van der Waals surface area contributed by atoms with Crippen molar-refractivity contribution in [2.45, 2.75) is 26.2 Å². The highest BCUT2D eigenvalue weighted by Gasteiger charge is 2.18. The molecule has 0 saturated carbocycles. The minimum atomic E-state index is -0.0750. The van der Waals surface area contributed by atoms with Crippen molar-refractivity contribution >= 4 is 11.7 Å². The normalized spacial score (nSPS) is 17.5. The van der Waals surface area contributed by atoms with E-state index < -0.39 is 0 Å². The van der Waals surface area contributed by atoms with Gasteiger partial charge in [-0.2, -0.15) is 0 Å². The first-order chi connectivity index (χ1) is 7.09. The molecular formula is C11H19NO3. The maximum atomic E-state index is 11.5. The fourth-order valence-electron chi connectivity index (χ4n) is 1.77. The second-order valence-electron chi connectivity index (χ2n) is 4.21. The fourth-order valence-corrected chi connectivity index (χ4v) is 1.77. The van der Waals surface area contributed by atoms with Gasteiger partial charge in [0, 0.05) is 26.8 Å². The van der Waals surface area contributed by atoms with Crippen LogP contribution in [0, 0.1) is 5.92 Å². The van der Waals surface area contributed by atoms with Crippen LogP contribution in [-0.2, 0) is 14.3 Å². The molecule has 0 aromatic carbocycles. The SMILES string of the molecule is CC(=O)CC(=O)N(C)CC1CCOCC1. The standard InChI is InChI=1S/C11H19NO3/c1-9(13)7-11(14)12(2)8-10-3-5-15-6-4-10/h10H,3-8H2,1-2H3. The topological polar surface area (TPSA) is 46.6 Å². The molecule has 1 fully saturated rings. The third-order valence-electron chi connectivity index (χ3n) is 2.70. The highest BCUT2D eigenvalue weighted by atomic mass is 16.5. The quantitative estimate of drug-likeness (QED) is 0.650. The van der Waals surface area contributed by atoms with Crippen molar-refractivity contribution in [1.29, 1.82) is 0 Å². The summed E-state index contributed by atoms with van der Waals surface area (Å²) >= 11 is 0. The Morgan fingerprint density at radius 1 is 1.33 bits per heavy atom. The van der Waals surface area contributed by atoms with E-state index in [4.69, 9.17) is 4.74 Å². The minimum Gasteiger partial charge on any atom is -0.381 e. The maximum Gasteiger partial charge on any atom is 0.229 e. The van der Waals surface area contributed by atoms with Crippen LogP contribution in [0.4, 0.5) is 0 Å². The predicted octanol–water partition coefficient (Wildman–Crippen LogP) is 0.851. The van der Waals surface area contributed by atoms with Gasteiger partial charge in [-0.3, -0.25) is 9.59 Å². The molecule has 86 valence electrons. The van der Waals surface area contributed by atoms with E-state index in [0.717, 1.165) is 32.6 Å². The van der Waals surface area contributed by atoms with E-state index in [1.54, 1.807) is 11.9 Å². The van der Waals surface area contributed by atoms with Gasteiger partial charge in [0.1, 0.15) is 5.78 Å². The molecule has 4 heteroatoms. The lowest BCUT2D eigenvalue weighted by molar-refractivity contribution is -0.134. The zero-order valence-corrected chi connectivity index (χ0v) is 9.49. The van der Waals surface area contributed by atoms with Gasteiger partial charge >= 0.3 is 0 Å². The first-order valence-electron chi connectivity index (χ1n) is 5.40. The second kappa shape index (κ2) is 5.85. The average molecular weight is 213 g/mol. The van der Waals surface area contributed by atoms with Crippen LogP contribution in [-0.4, -0.2) is 43.4 Å². The smallest absolute Gasteiger partial charge is 0.229 e. The van der Waals surface area contributed by atoms with E-state index in [9.17, 15) is 9.59 Å². The van der Waals surface area contributed by atoms with Gasteiger partial charge in [-0.1, -0.05) is 0 Å². The summed E-state index contributed by atoms with van der Waals surface area (Å²) in [5.74, 6) is 0.382. The zero-order valence-electron chi connectivity index (χ0n) is 9.49. The molecule has 0 aromatic rings. The molecule has 0 radical (unpaired) electrons. The Hall–Kier alpha value is -0.900. The van der Waals surface area contributed by atoms with Crippen LogP contribution in [0.3, 0.4) is 0 Å². The fraction of sp³-hybridized carbons (Fsp3) is 0.818. The zero-order chi connectivity index (χ0) is 11.3. The molecule has 1 aliphatic rings. The molecule has 1 amide bonds. The lowest BCUT2D eigenvalue weighted by Gasteiger charge is -2.27. The van der Waals surface area contributed by atoms with Crippen LogP contribution < -0.4 is 0 Å². The predicted molar refractivity (Wildman–Crippen MR) is 56.5 cm³/mol. The Morgan fingerprint density at radius 3 is 2.47 bits per heavy atom. The van der Waals surface area contributed by atoms with E-state index in [1.165, 1.54) is 6.92 Å². The lowest BCUT2D eigenvalue weighted by atomic mass is 10.00. The highest BCUT2D eigenvalue weighted by molar-refractivity contribution is 5.96. The Kier molecular flexibility index (Phi) is 4.75. The summed E-state index contributed by atoms with van der Waals surface area (Å²) in [5, 5.41) is 0. The molecule has 0 aromatic heterocycles. The van der Waals surface area contributed by atoms with Crippen molar-refractivity contribution in [2.24, 2.45) is 5.92 Å². The summed E-state index contributed by atoms with van der Waals surface area (Å²) in [5.41, 5.74) is 0. The van der Waals surface area contributed by atoms with Gasteiger partial charge in [0.15, 0.2) is 0 Å². The lowest BCUT2D eigenvalue weighted by Crippen LogP contribution is -2.34. The molecule has 1 aliphatic heterocycles. The summed E-state index contributed by atoms with van der Waals surface area (Å²) < 4.78 is 5.25. The van der Waals surface area contributed by atoms with Gasteiger partial charge in [0.25, 0.3) is 0 Å². The van der Waals surface area contributed by atoms with Crippen molar-refractivity contribution in [3.63, 3.8) is 0 Å². The van der Waals surface area contributed by atoms with Gasteiger partial charge in [0.05, 0.1) is 6.42 Å². The molecule has 0 spiro atoms. The largest absolute Gasteiger partial charge is 0.381 e. The third-order valence-corrected chi connectivity index (χ3v) is 2.70. The van der Waals surface area contributed by atoms with Gasteiger partial charge in [0.2, 0.25) is 5.91 Å². The molecule has 0 atom stereocenters. The summed E-state index contributed by atoms with van der Waals surface area (Å²) in [6.07, 6.45) is 2.05. The first kappa shape index (κ1) is 12.2. The van der Waals surface area contributed by atoms with Crippen molar-refractivity contribution in [1.82, 2.24) is 4.90 Å². The van der Waals surface area contributed by atoms with E-state index in [-0.39, 0.29) is 18.1 Å². The molecule has 0 aliphatic carbocycles. The molecule has 0 unspecified atom stereocenters. The molecule has 0 bridgehead atoms. The number of rotatable bonds is 4. The molecule has 1 rings (SSSR count). The van der Waals surface area contributed by atoms with Crippen molar-refractivity contribution in [3.05, 3.63) is 0 Å². The third kappa shape index (κ3) is 4.42. The van der Waals surface area contributed by atoms with Gasteiger partial charge in [-0.05, 0) is 25.7 Å². The molecular weight excluding hydrogens is 194 g/mol. The van der Waals surface area contributed by atoms with Gasteiger partial charge < -0.3 is 9.64 Å². The molecule has 15 heavy (non-hydrogen) atoms. The number of hydrogen-bond donors (Lipinski definition) is 0. The highest BCUT2D eigenvalue weighted by Crippen LogP contribution is 2.15. The van der Waals surface area contributed by atoms with Gasteiger partial charge in [-0.15, -0.1) is 0 Å². The number of Topliss-reactive ketones (excluding diaryl/α,β-unsaturated/α-hetero) is 1. The summed E-state index contributed by atoms with van der Waals surface area (Å²) in [6, 6.07) is 0. The summed E-state index contributed by atoms with van der Waals surface area (Å²) in [7, 11) is 1.76. The second-order valence-corrected chi connectivity index (χ2v) is 4.21. The van der Waals surface area contributed by atoms with Crippen LogP contribution in [0.1, 0.15) is 26.2 Å². The van der Waals surface area contributed by atoms with Crippen molar-refractivity contribution in [3.8, 4) is 0 Å². The van der Waals surface area contributed by atoms with Crippen molar-refractivity contribution in [2.75, 3.05) is 26.8 Å². The number of ether oxygens (including phenoxy) is 1. The number of nitrogens with zero attached hydrogens (tertiary/aromatic N) is 1.